The molecule has 0 fully saturated rings. The van der Waals surface area contributed by atoms with E-state index >= 15 is 0 Å². The monoisotopic (exact) mass is 383 g/mol. The molecule has 1 aromatic carbocycles. The summed E-state index contributed by atoms with van der Waals surface area (Å²) in [5, 5.41) is 0. The van der Waals surface area contributed by atoms with Crippen molar-refractivity contribution in [2.75, 3.05) is 0 Å². The van der Waals surface area contributed by atoms with Gasteiger partial charge in [-0.1, -0.05) is 0 Å². The topological polar surface area (TPSA) is 43.1 Å². The van der Waals surface area contributed by atoms with Gasteiger partial charge in [-0.05, 0) is 34.7 Å². The summed E-state index contributed by atoms with van der Waals surface area (Å²) in [5.74, 6) is -1.44. The third-order valence-electron chi connectivity index (χ3n) is 1.98. The van der Waals surface area contributed by atoms with Crippen molar-refractivity contribution in [1.29, 1.82) is 0 Å². The third-order valence-corrected chi connectivity index (χ3v) is 2.88. The highest BCUT2D eigenvalue weighted by Crippen LogP contribution is 2.39. The van der Waals surface area contributed by atoms with E-state index in [9.17, 15) is 31.1 Å². The molecule has 100 valence electrons. The highest BCUT2D eigenvalue weighted by atomic mass is 127. The molecule has 0 aliphatic heterocycles. The van der Waals surface area contributed by atoms with Crippen molar-refractivity contribution in [2.45, 2.75) is 12.4 Å². The van der Waals surface area contributed by atoms with Crippen LogP contribution in [0.15, 0.2) is 12.1 Å². The summed E-state index contributed by atoms with van der Waals surface area (Å²) < 4.78 is 74.5. The first-order valence-corrected chi connectivity index (χ1v) is 5.30. The molecular weight excluding hydrogens is 379 g/mol. The first-order valence-electron chi connectivity index (χ1n) is 4.22. The summed E-state index contributed by atoms with van der Waals surface area (Å²) in [7, 11) is 0. The van der Waals surface area contributed by atoms with E-state index in [0.29, 0.717) is 6.07 Å². The molecule has 0 saturated heterocycles. The van der Waals surface area contributed by atoms with E-state index in [2.05, 4.69) is 0 Å². The minimum atomic E-state index is -5.09. The zero-order valence-electron chi connectivity index (χ0n) is 8.29. The maximum Gasteiger partial charge on any atom is 0.417 e. The summed E-state index contributed by atoms with van der Waals surface area (Å²) in [6.45, 7) is 0. The summed E-state index contributed by atoms with van der Waals surface area (Å²) in [4.78, 5) is 10.8. The molecule has 1 rings (SSSR count). The van der Waals surface area contributed by atoms with Gasteiger partial charge < -0.3 is 5.73 Å². The Balaban J connectivity index is 3.62. The fourth-order valence-electron chi connectivity index (χ4n) is 1.23. The molecule has 1 aromatic rings. The summed E-state index contributed by atoms with van der Waals surface area (Å²) >= 11 is 1.19. The highest BCUT2D eigenvalue weighted by Gasteiger charge is 2.40. The summed E-state index contributed by atoms with van der Waals surface area (Å²) in [5.41, 5.74) is 0.580. The summed E-state index contributed by atoms with van der Waals surface area (Å²) in [6, 6.07) is 0.371. The largest absolute Gasteiger partial charge is 0.417 e. The van der Waals surface area contributed by atoms with Gasteiger partial charge in [0.2, 0.25) is 5.91 Å². The number of nitrogens with two attached hydrogens (primary N) is 1. The second kappa shape index (κ2) is 4.59. The molecule has 0 spiro atoms. The van der Waals surface area contributed by atoms with Gasteiger partial charge in [-0.2, -0.15) is 26.3 Å². The maximum atomic E-state index is 12.5. The van der Waals surface area contributed by atoms with Crippen LogP contribution >= 0.6 is 22.6 Å². The molecule has 0 heterocycles. The number of amides is 1. The SMILES string of the molecule is NC(=O)c1cc(I)c(C(F)(F)F)cc1C(F)(F)F. The smallest absolute Gasteiger partial charge is 0.366 e. The Kier molecular flexibility index (Phi) is 3.84. The lowest BCUT2D eigenvalue weighted by Gasteiger charge is -2.15. The fraction of sp³-hybridized carbons (Fsp3) is 0.222. The molecule has 0 aliphatic carbocycles. The molecule has 0 saturated carbocycles. The van der Waals surface area contributed by atoms with E-state index in [1.165, 1.54) is 22.6 Å². The number of hydrogen-bond donors (Lipinski definition) is 1. The molecule has 0 aromatic heterocycles. The van der Waals surface area contributed by atoms with Crippen molar-refractivity contribution in [2.24, 2.45) is 5.73 Å². The normalized spacial score (nSPS) is 12.6. The lowest BCUT2D eigenvalue weighted by molar-refractivity contribution is -0.143. The van der Waals surface area contributed by atoms with Crippen molar-refractivity contribution >= 4 is 28.5 Å². The zero-order valence-corrected chi connectivity index (χ0v) is 10.4. The average Bonchev–Trinajstić information content (AvgIpc) is 2.12. The average molecular weight is 383 g/mol. The number of benzene rings is 1. The van der Waals surface area contributed by atoms with Crippen LogP contribution in [-0.4, -0.2) is 5.91 Å². The van der Waals surface area contributed by atoms with Crippen molar-refractivity contribution in [3.63, 3.8) is 0 Å². The van der Waals surface area contributed by atoms with Crippen molar-refractivity contribution < 1.29 is 31.1 Å². The number of halogens is 7. The maximum absolute atomic E-state index is 12.5. The van der Waals surface area contributed by atoms with Gasteiger partial charge in [0.15, 0.2) is 0 Å². The Bertz CT molecular complexity index is 493. The van der Waals surface area contributed by atoms with Crippen molar-refractivity contribution in [3.05, 3.63) is 32.4 Å². The van der Waals surface area contributed by atoms with Gasteiger partial charge in [0.05, 0.1) is 16.7 Å². The van der Waals surface area contributed by atoms with Gasteiger partial charge in [-0.15, -0.1) is 0 Å². The second-order valence-electron chi connectivity index (χ2n) is 3.24. The molecule has 0 aliphatic rings. The predicted molar refractivity (Wildman–Crippen MR) is 57.7 cm³/mol. The Hall–Kier alpha value is -1.00. The second-order valence-corrected chi connectivity index (χ2v) is 4.40. The molecule has 18 heavy (non-hydrogen) atoms. The van der Waals surface area contributed by atoms with Crippen molar-refractivity contribution in [1.82, 2.24) is 0 Å². The van der Waals surface area contributed by atoms with Crippen LogP contribution in [0.3, 0.4) is 0 Å². The Morgan fingerprint density at radius 2 is 1.44 bits per heavy atom. The van der Waals surface area contributed by atoms with Gasteiger partial charge in [0.1, 0.15) is 0 Å². The van der Waals surface area contributed by atoms with E-state index in [1.54, 1.807) is 0 Å². The zero-order chi connectivity index (χ0) is 14.3. The van der Waals surface area contributed by atoms with Crippen LogP contribution < -0.4 is 5.73 Å². The standard InChI is InChI=1S/C9H4F6INO/c10-8(11,12)4-2-5(9(13,14)15)6(16)1-3(4)7(17)18/h1-2H,(H2,17,18). The Morgan fingerprint density at radius 1 is 1.00 bits per heavy atom. The first-order chi connectivity index (χ1) is 7.94. The van der Waals surface area contributed by atoms with E-state index in [4.69, 9.17) is 5.73 Å². The number of hydrogen-bond acceptors (Lipinski definition) is 1. The van der Waals surface area contributed by atoms with Crippen LogP contribution in [0.5, 0.6) is 0 Å². The number of rotatable bonds is 1. The molecule has 9 heteroatoms. The number of carbonyl (C=O) groups excluding carboxylic acids is 1. The number of alkyl halides is 6. The van der Waals surface area contributed by atoms with Gasteiger partial charge in [-0.25, -0.2) is 0 Å². The van der Waals surface area contributed by atoms with Gasteiger partial charge in [0.25, 0.3) is 0 Å². The molecule has 2 nitrogen and oxygen atoms in total. The molecule has 0 unspecified atom stereocenters. The number of carbonyl (C=O) groups is 1. The molecule has 0 radical (unpaired) electrons. The van der Waals surface area contributed by atoms with Crippen LogP contribution in [-0.2, 0) is 12.4 Å². The van der Waals surface area contributed by atoms with E-state index in [0.717, 1.165) is 0 Å². The molecular formula is C9H4F6INO. The van der Waals surface area contributed by atoms with E-state index < -0.39 is 38.5 Å². The van der Waals surface area contributed by atoms with Gasteiger partial charge in [-0.3, -0.25) is 4.79 Å². The van der Waals surface area contributed by atoms with Crippen LogP contribution in [0.1, 0.15) is 21.5 Å². The van der Waals surface area contributed by atoms with Crippen LogP contribution in [0.4, 0.5) is 26.3 Å². The minimum Gasteiger partial charge on any atom is -0.366 e. The third kappa shape index (κ3) is 3.06. The van der Waals surface area contributed by atoms with Crippen LogP contribution in [0, 0.1) is 3.57 Å². The van der Waals surface area contributed by atoms with E-state index in [1.807, 2.05) is 0 Å². The summed E-state index contributed by atoms with van der Waals surface area (Å²) in [6.07, 6.45) is -10.0. The highest BCUT2D eigenvalue weighted by molar-refractivity contribution is 14.1. The lowest BCUT2D eigenvalue weighted by Crippen LogP contribution is -2.21. The van der Waals surface area contributed by atoms with Crippen LogP contribution in [0.25, 0.3) is 0 Å². The fourth-order valence-corrected chi connectivity index (χ4v) is 2.00. The Labute approximate surface area is 110 Å². The predicted octanol–water partition coefficient (Wildman–Crippen LogP) is 3.43. The molecule has 0 bridgehead atoms. The molecule has 2 N–H and O–H groups in total. The Morgan fingerprint density at radius 3 is 1.78 bits per heavy atom. The minimum absolute atomic E-state index is 0.109. The lowest BCUT2D eigenvalue weighted by atomic mass is 10.0. The molecule has 1 amide bonds. The number of primary amides is 1. The molecule has 0 atom stereocenters. The first kappa shape index (κ1) is 15.1. The van der Waals surface area contributed by atoms with Crippen LogP contribution in [0.2, 0.25) is 0 Å². The van der Waals surface area contributed by atoms with Crippen molar-refractivity contribution in [3.8, 4) is 0 Å². The van der Waals surface area contributed by atoms with E-state index in [-0.39, 0.29) is 6.07 Å². The van der Waals surface area contributed by atoms with Gasteiger partial charge in [0, 0.05) is 3.57 Å². The quantitative estimate of drug-likeness (QED) is 0.586. The van der Waals surface area contributed by atoms with Gasteiger partial charge >= 0.3 is 12.4 Å².